The van der Waals surface area contributed by atoms with Crippen LogP contribution in [0.4, 0.5) is 17.1 Å². The molecule has 0 saturated carbocycles. The van der Waals surface area contributed by atoms with Crippen molar-refractivity contribution in [3.63, 3.8) is 0 Å². The van der Waals surface area contributed by atoms with Crippen LogP contribution in [-0.2, 0) is 0 Å². The van der Waals surface area contributed by atoms with Gasteiger partial charge in [0.15, 0.2) is 0 Å². The third-order valence-electron chi connectivity index (χ3n) is 2.82. The van der Waals surface area contributed by atoms with Crippen LogP contribution in [-0.4, -0.2) is 7.05 Å². The van der Waals surface area contributed by atoms with Crippen LogP contribution in [0.5, 0.6) is 0 Å². The minimum atomic E-state index is 0.784. The van der Waals surface area contributed by atoms with Gasteiger partial charge in [0, 0.05) is 28.6 Å². The Bertz CT molecular complexity index is 520. The molecular formula is C14H15BrN2. The topological polar surface area (TPSA) is 29.3 Å². The van der Waals surface area contributed by atoms with Crippen LogP contribution in [0.25, 0.3) is 0 Å². The summed E-state index contributed by atoms with van der Waals surface area (Å²) in [5.41, 5.74) is 9.97. The van der Waals surface area contributed by atoms with Gasteiger partial charge in [-0.25, -0.2) is 0 Å². The van der Waals surface area contributed by atoms with Crippen LogP contribution in [0.3, 0.4) is 0 Å². The minimum Gasteiger partial charge on any atom is -0.399 e. The Kier molecular flexibility index (Phi) is 3.38. The zero-order valence-electron chi connectivity index (χ0n) is 9.94. The maximum atomic E-state index is 5.68. The second-order valence-electron chi connectivity index (χ2n) is 4.08. The molecule has 0 aliphatic rings. The Morgan fingerprint density at radius 3 is 2.18 bits per heavy atom. The van der Waals surface area contributed by atoms with Crippen molar-refractivity contribution in [2.24, 2.45) is 0 Å². The largest absolute Gasteiger partial charge is 0.399 e. The number of anilines is 3. The monoisotopic (exact) mass is 290 g/mol. The van der Waals surface area contributed by atoms with Gasteiger partial charge >= 0.3 is 0 Å². The summed E-state index contributed by atoms with van der Waals surface area (Å²) in [5.74, 6) is 0. The zero-order valence-corrected chi connectivity index (χ0v) is 11.5. The Balaban J connectivity index is 2.33. The second kappa shape index (κ2) is 4.80. The molecule has 0 spiro atoms. The molecule has 17 heavy (non-hydrogen) atoms. The first-order chi connectivity index (χ1) is 8.08. The lowest BCUT2D eigenvalue weighted by Crippen LogP contribution is -2.09. The summed E-state index contributed by atoms with van der Waals surface area (Å²) in [7, 11) is 2.04. The first kappa shape index (κ1) is 12.0. The van der Waals surface area contributed by atoms with Crippen molar-refractivity contribution < 1.29 is 0 Å². The van der Waals surface area contributed by atoms with Crippen LogP contribution in [0, 0.1) is 6.92 Å². The van der Waals surface area contributed by atoms with E-state index < -0.39 is 0 Å². The molecule has 0 amide bonds. The summed E-state index contributed by atoms with van der Waals surface area (Å²) in [5, 5.41) is 0. The molecular weight excluding hydrogens is 276 g/mol. The van der Waals surface area contributed by atoms with Gasteiger partial charge in [0.25, 0.3) is 0 Å². The van der Waals surface area contributed by atoms with Gasteiger partial charge in [-0.05, 0) is 48.9 Å². The van der Waals surface area contributed by atoms with Crippen LogP contribution in [0.15, 0.2) is 46.9 Å². The van der Waals surface area contributed by atoms with Gasteiger partial charge < -0.3 is 10.6 Å². The molecule has 0 aromatic heterocycles. The fourth-order valence-electron chi connectivity index (χ4n) is 1.64. The number of hydrogen-bond donors (Lipinski definition) is 1. The zero-order chi connectivity index (χ0) is 12.4. The summed E-state index contributed by atoms with van der Waals surface area (Å²) in [6.07, 6.45) is 0. The lowest BCUT2D eigenvalue weighted by molar-refractivity contribution is 1.20. The molecule has 0 heterocycles. The van der Waals surface area contributed by atoms with Gasteiger partial charge in [-0.15, -0.1) is 0 Å². The van der Waals surface area contributed by atoms with Gasteiger partial charge in [-0.3, -0.25) is 0 Å². The number of aryl methyl sites for hydroxylation is 1. The highest BCUT2D eigenvalue weighted by molar-refractivity contribution is 9.10. The fourth-order valence-corrected chi connectivity index (χ4v) is 2.00. The molecule has 2 N–H and O–H groups in total. The van der Waals surface area contributed by atoms with E-state index in [-0.39, 0.29) is 0 Å². The Labute approximate surface area is 110 Å². The van der Waals surface area contributed by atoms with E-state index in [1.165, 1.54) is 5.56 Å². The van der Waals surface area contributed by atoms with E-state index in [0.717, 1.165) is 21.5 Å². The van der Waals surface area contributed by atoms with E-state index in [0.29, 0.717) is 0 Å². The number of hydrogen-bond acceptors (Lipinski definition) is 2. The predicted molar refractivity (Wildman–Crippen MR) is 77.8 cm³/mol. The summed E-state index contributed by atoms with van der Waals surface area (Å²) < 4.78 is 1.12. The van der Waals surface area contributed by atoms with Crippen molar-refractivity contribution in [1.29, 1.82) is 0 Å². The van der Waals surface area contributed by atoms with E-state index in [1.54, 1.807) is 0 Å². The van der Waals surface area contributed by atoms with E-state index >= 15 is 0 Å². The molecule has 2 aromatic carbocycles. The number of halogens is 1. The summed E-state index contributed by atoms with van der Waals surface area (Å²) >= 11 is 3.55. The highest BCUT2D eigenvalue weighted by atomic mass is 79.9. The van der Waals surface area contributed by atoms with Crippen LogP contribution in [0.1, 0.15) is 5.56 Å². The maximum absolute atomic E-state index is 5.68. The van der Waals surface area contributed by atoms with Gasteiger partial charge in [0.1, 0.15) is 0 Å². The Morgan fingerprint density at radius 1 is 1.00 bits per heavy atom. The van der Waals surface area contributed by atoms with Gasteiger partial charge in [0.2, 0.25) is 0 Å². The average molecular weight is 291 g/mol. The average Bonchev–Trinajstić information content (AvgIpc) is 2.33. The van der Waals surface area contributed by atoms with Crippen LogP contribution in [0.2, 0.25) is 0 Å². The smallest absolute Gasteiger partial charge is 0.0419 e. The first-order valence-electron chi connectivity index (χ1n) is 5.43. The molecule has 0 aliphatic carbocycles. The summed E-state index contributed by atoms with van der Waals surface area (Å²) in [6.45, 7) is 2.08. The second-order valence-corrected chi connectivity index (χ2v) is 4.94. The first-order valence-corrected chi connectivity index (χ1v) is 6.22. The number of nitrogens with zero attached hydrogens (tertiary/aromatic N) is 1. The minimum absolute atomic E-state index is 0.784. The molecule has 0 radical (unpaired) electrons. The summed E-state index contributed by atoms with van der Waals surface area (Å²) in [4.78, 5) is 2.13. The molecule has 88 valence electrons. The van der Waals surface area contributed by atoms with Crippen LogP contribution >= 0.6 is 15.9 Å². The number of nitrogens with two attached hydrogens (primary N) is 1. The number of benzene rings is 2. The standard InChI is InChI=1S/C14H15BrN2/c1-10-3-6-13(9-14(10)15)17(2)12-7-4-11(16)5-8-12/h3-9H,16H2,1-2H3. The molecule has 2 nitrogen and oxygen atoms in total. The number of nitrogen functional groups attached to an aromatic ring is 1. The van der Waals surface area contributed by atoms with Crippen LogP contribution < -0.4 is 10.6 Å². The van der Waals surface area contributed by atoms with Crippen molar-refractivity contribution in [2.45, 2.75) is 6.92 Å². The lowest BCUT2D eigenvalue weighted by Gasteiger charge is -2.20. The molecule has 0 fully saturated rings. The molecule has 2 aromatic rings. The van der Waals surface area contributed by atoms with Crippen molar-refractivity contribution in [3.05, 3.63) is 52.5 Å². The maximum Gasteiger partial charge on any atom is 0.0419 e. The Morgan fingerprint density at radius 2 is 1.59 bits per heavy atom. The fraction of sp³-hybridized carbons (Fsp3) is 0.143. The molecule has 0 bridgehead atoms. The van der Waals surface area contributed by atoms with Crippen molar-refractivity contribution in [1.82, 2.24) is 0 Å². The van der Waals surface area contributed by atoms with Gasteiger partial charge in [0.05, 0.1) is 0 Å². The van der Waals surface area contributed by atoms with Crippen molar-refractivity contribution >= 4 is 33.0 Å². The van der Waals surface area contributed by atoms with Crippen molar-refractivity contribution in [3.8, 4) is 0 Å². The molecule has 0 atom stereocenters. The third-order valence-corrected chi connectivity index (χ3v) is 3.68. The predicted octanol–water partition coefficient (Wildman–Crippen LogP) is 4.11. The molecule has 0 aliphatic heterocycles. The molecule has 3 heteroatoms. The quantitative estimate of drug-likeness (QED) is 0.844. The third kappa shape index (κ3) is 2.61. The summed E-state index contributed by atoms with van der Waals surface area (Å²) in [6, 6.07) is 14.2. The van der Waals surface area contributed by atoms with Crippen molar-refractivity contribution in [2.75, 3.05) is 17.7 Å². The van der Waals surface area contributed by atoms with E-state index in [1.807, 2.05) is 31.3 Å². The van der Waals surface area contributed by atoms with E-state index in [4.69, 9.17) is 5.73 Å². The number of rotatable bonds is 2. The molecule has 2 rings (SSSR count). The van der Waals surface area contributed by atoms with Gasteiger partial charge in [-0.2, -0.15) is 0 Å². The Hall–Kier alpha value is -1.48. The van der Waals surface area contributed by atoms with E-state index in [2.05, 4.69) is 46.0 Å². The molecule has 0 saturated heterocycles. The van der Waals surface area contributed by atoms with Gasteiger partial charge in [-0.1, -0.05) is 22.0 Å². The lowest BCUT2D eigenvalue weighted by atomic mass is 10.2. The molecule has 0 unspecified atom stereocenters. The highest BCUT2D eigenvalue weighted by Crippen LogP contribution is 2.28. The highest BCUT2D eigenvalue weighted by Gasteiger charge is 2.05. The SMILES string of the molecule is Cc1ccc(N(C)c2ccc(N)cc2)cc1Br. The normalized spacial score (nSPS) is 10.3. The van der Waals surface area contributed by atoms with E-state index in [9.17, 15) is 0 Å².